The number of ether oxygens (including phenoxy) is 1. The number of halogens is 3. The first kappa shape index (κ1) is 14.4. The summed E-state index contributed by atoms with van der Waals surface area (Å²) in [4.78, 5) is 0. The molecule has 0 aliphatic rings. The zero-order chi connectivity index (χ0) is 14.6. The summed E-state index contributed by atoms with van der Waals surface area (Å²) in [5, 5.41) is 8.91. The molecule has 0 saturated carbocycles. The highest BCUT2D eigenvalue weighted by Crippen LogP contribution is 2.25. The molecule has 0 spiro atoms. The van der Waals surface area contributed by atoms with Crippen molar-refractivity contribution in [2.45, 2.75) is 19.2 Å². The first-order valence-electron chi connectivity index (χ1n) is 5.99. The van der Waals surface area contributed by atoms with Gasteiger partial charge in [0, 0.05) is 0 Å². The van der Waals surface area contributed by atoms with Gasteiger partial charge in [-0.1, -0.05) is 24.3 Å². The standard InChI is InChI=1S/C15H13F3O2/c16-15(17,18)9-11-1-5-13(6-2-11)20-14-7-3-12(10-19)4-8-14/h1-8,19H,9-10H2. The maximum atomic E-state index is 12.2. The summed E-state index contributed by atoms with van der Waals surface area (Å²) in [6, 6.07) is 12.6. The van der Waals surface area contributed by atoms with Crippen LogP contribution in [0.15, 0.2) is 48.5 Å². The van der Waals surface area contributed by atoms with Crippen LogP contribution in [0.2, 0.25) is 0 Å². The van der Waals surface area contributed by atoms with Crippen molar-refractivity contribution >= 4 is 0 Å². The number of hydrogen-bond donors (Lipinski definition) is 1. The molecule has 5 heteroatoms. The maximum absolute atomic E-state index is 12.2. The van der Waals surface area contributed by atoms with Crippen molar-refractivity contribution in [3.8, 4) is 11.5 Å². The molecule has 0 atom stereocenters. The molecule has 2 aromatic carbocycles. The fraction of sp³-hybridized carbons (Fsp3) is 0.200. The zero-order valence-electron chi connectivity index (χ0n) is 10.5. The van der Waals surface area contributed by atoms with Crippen LogP contribution in [0.3, 0.4) is 0 Å². The van der Waals surface area contributed by atoms with Gasteiger partial charge in [-0.25, -0.2) is 0 Å². The minimum atomic E-state index is -4.21. The lowest BCUT2D eigenvalue weighted by Gasteiger charge is -2.09. The van der Waals surface area contributed by atoms with Gasteiger partial charge in [-0.15, -0.1) is 0 Å². The summed E-state index contributed by atoms with van der Waals surface area (Å²) in [5.41, 5.74) is 0.957. The quantitative estimate of drug-likeness (QED) is 0.915. The Labute approximate surface area is 114 Å². The van der Waals surface area contributed by atoms with Crippen LogP contribution in [0.25, 0.3) is 0 Å². The van der Waals surface area contributed by atoms with Gasteiger partial charge < -0.3 is 9.84 Å². The van der Waals surface area contributed by atoms with Crippen LogP contribution in [-0.4, -0.2) is 11.3 Å². The molecule has 0 amide bonds. The van der Waals surface area contributed by atoms with Crippen molar-refractivity contribution in [1.29, 1.82) is 0 Å². The van der Waals surface area contributed by atoms with Crippen LogP contribution in [0.4, 0.5) is 13.2 Å². The van der Waals surface area contributed by atoms with E-state index >= 15 is 0 Å². The summed E-state index contributed by atoms with van der Waals surface area (Å²) in [6.07, 6.45) is -5.15. The molecule has 0 fully saturated rings. The zero-order valence-corrected chi connectivity index (χ0v) is 10.5. The average Bonchev–Trinajstić information content (AvgIpc) is 2.40. The number of hydrogen-bond acceptors (Lipinski definition) is 2. The number of aliphatic hydroxyl groups is 1. The number of alkyl halides is 3. The summed E-state index contributed by atoms with van der Waals surface area (Å²) >= 11 is 0. The predicted molar refractivity (Wildman–Crippen MR) is 68.6 cm³/mol. The Balaban J connectivity index is 2.02. The first-order chi connectivity index (χ1) is 9.46. The molecule has 2 aromatic rings. The van der Waals surface area contributed by atoms with Crippen molar-refractivity contribution in [2.75, 3.05) is 0 Å². The van der Waals surface area contributed by atoms with E-state index in [0.29, 0.717) is 11.5 Å². The molecular weight excluding hydrogens is 269 g/mol. The van der Waals surface area contributed by atoms with Crippen LogP contribution in [-0.2, 0) is 13.0 Å². The van der Waals surface area contributed by atoms with Crippen LogP contribution < -0.4 is 4.74 Å². The normalized spacial score (nSPS) is 11.4. The Hall–Kier alpha value is -2.01. The Kier molecular flexibility index (Phi) is 4.29. The predicted octanol–water partition coefficient (Wildman–Crippen LogP) is 4.08. The largest absolute Gasteiger partial charge is 0.457 e. The van der Waals surface area contributed by atoms with Gasteiger partial charge in [0.2, 0.25) is 0 Å². The highest BCUT2D eigenvalue weighted by molar-refractivity contribution is 5.34. The van der Waals surface area contributed by atoms with E-state index in [1.165, 1.54) is 24.3 Å². The molecule has 0 radical (unpaired) electrons. The van der Waals surface area contributed by atoms with Gasteiger partial charge >= 0.3 is 6.18 Å². The van der Waals surface area contributed by atoms with Gasteiger partial charge in [0.25, 0.3) is 0 Å². The molecule has 0 aliphatic carbocycles. The van der Waals surface area contributed by atoms with E-state index in [0.717, 1.165) is 5.56 Å². The topological polar surface area (TPSA) is 29.5 Å². The molecule has 0 heterocycles. The van der Waals surface area contributed by atoms with E-state index in [1.807, 2.05) is 0 Å². The summed E-state index contributed by atoms with van der Waals surface area (Å²) in [6.45, 7) is -0.0492. The van der Waals surface area contributed by atoms with E-state index in [-0.39, 0.29) is 12.2 Å². The minimum absolute atomic E-state index is 0.0492. The Bertz CT molecular complexity index is 545. The van der Waals surface area contributed by atoms with Gasteiger partial charge in [0.05, 0.1) is 13.0 Å². The summed E-state index contributed by atoms with van der Waals surface area (Å²) in [7, 11) is 0. The van der Waals surface area contributed by atoms with E-state index in [1.54, 1.807) is 24.3 Å². The van der Waals surface area contributed by atoms with E-state index in [9.17, 15) is 13.2 Å². The molecular formula is C15H13F3O2. The fourth-order valence-electron chi connectivity index (χ4n) is 1.71. The smallest absolute Gasteiger partial charge is 0.393 e. The summed E-state index contributed by atoms with van der Waals surface area (Å²) in [5.74, 6) is 1.03. The SMILES string of the molecule is OCc1ccc(Oc2ccc(CC(F)(F)F)cc2)cc1. The Morgan fingerprint density at radius 2 is 1.25 bits per heavy atom. The highest BCUT2D eigenvalue weighted by atomic mass is 19.4. The van der Waals surface area contributed by atoms with Crippen LogP contribution in [0, 0.1) is 0 Å². The molecule has 1 N–H and O–H groups in total. The van der Waals surface area contributed by atoms with Gasteiger partial charge in [0.1, 0.15) is 11.5 Å². The lowest BCUT2D eigenvalue weighted by atomic mass is 10.1. The molecule has 0 aliphatic heterocycles. The monoisotopic (exact) mass is 282 g/mol. The van der Waals surface area contributed by atoms with Crippen molar-refractivity contribution in [3.63, 3.8) is 0 Å². The van der Waals surface area contributed by atoms with Gasteiger partial charge in [0.15, 0.2) is 0 Å². The second kappa shape index (κ2) is 5.96. The third kappa shape index (κ3) is 4.28. The van der Waals surface area contributed by atoms with Crippen molar-refractivity contribution in [1.82, 2.24) is 0 Å². The molecule has 2 rings (SSSR count). The second-order valence-electron chi connectivity index (χ2n) is 4.34. The molecule has 0 saturated heterocycles. The number of benzene rings is 2. The molecule has 106 valence electrons. The van der Waals surface area contributed by atoms with Crippen LogP contribution in [0.1, 0.15) is 11.1 Å². The fourth-order valence-corrected chi connectivity index (χ4v) is 1.71. The van der Waals surface area contributed by atoms with Gasteiger partial charge in [-0.05, 0) is 35.4 Å². The third-order valence-corrected chi connectivity index (χ3v) is 2.67. The molecule has 2 nitrogen and oxygen atoms in total. The van der Waals surface area contributed by atoms with Gasteiger partial charge in [-0.2, -0.15) is 13.2 Å². The van der Waals surface area contributed by atoms with E-state index in [2.05, 4.69) is 0 Å². The van der Waals surface area contributed by atoms with Crippen LogP contribution in [0.5, 0.6) is 11.5 Å². The lowest BCUT2D eigenvalue weighted by Crippen LogP contribution is -2.11. The van der Waals surface area contributed by atoms with E-state index in [4.69, 9.17) is 9.84 Å². The van der Waals surface area contributed by atoms with Crippen molar-refractivity contribution in [3.05, 3.63) is 59.7 Å². The molecule has 0 unspecified atom stereocenters. The van der Waals surface area contributed by atoms with Crippen molar-refractivity contribution in [2.24, 2.45) is 0 Å². The van der Waals surface area contributed by atoms with Gasteiger partial charge in [-0.3, -0.25) is 0 Å². The number of aliphatic hydroxyl groups excluding tert-OH is 1. The lowest BCUT2D eigenvalue weighted by molar-refractivity contribution is -0.127. The average molecular weight is 282 g/mol. The highest BCUT2D eigenvalue weighted by Gasteiger charge is 2.27. The van der Waals surface area contributed by atoms with Crippen molar-refractivity contribution < 1.29 is 23.0 Å². The molecule has 20 heavy (non-hydrogen) atoms. The Morgan fingerprint density at radius 1 is 0.800 bits per heavy atom. The van der Waals surface area contributed by atoms with Crippen LogP contribution >= 0.6 is 0 Å². The third-order valence-electron chi connectivity index (χ3n) is 2.67. The van der Waals surface area contributed by atoms with E-state index < -0.39 is 12.6 Å². The minimum Gasteiger partial charge on any atom is -0.457 e. The number of rotatable bonds is 4. The molecule has 0 bridgehead atoms. The first-order valence-corrected chi connectivity index (χ1v) is 5.99. The maximum Gasteiger partial charge on any atom is 0.393 e. The molecule has 0 aromatic heterocycles. The second-order valence-corrected chi connectivity index (χ2v) is 4.34. The summed E-state index contributed by atoms with van der Waals surface area (Å²) < 4.78 is 42.1. The Morgan fingerprint density at radius 3 is 1.65 bits per heavy atom.